The second kappa shape index (κ2) is 6.30. The van der Waals surface area contributed by atoms with Crippen LogP contribution in [0.1, 0.15) is 53.8 Å². The Morgan fingerprint density at radius 3 is 2.76 bits per heavy atom. The molecule has 132 valence electrons. The van der Waals surface area contributed by atoms with Crippen LogP contribution >= 0.6 is 0 Å². The topological polar surface area (TPSA) is 69.2 Å². The van der Waals surface area contributed by atoms with Crippen LogP contribution in [0.15, 0.2) is 36.4 Å². The highest BCUT2D eigenvalue weighted by Gasteiger charge is 2.50. The minimum absolute atomic E-state index is 0.0173. The van der Waals surface area contributed by atoms with Gasteiger partial charge in [0.05, 0.1) is 5.60 Å². The fourth-order valence-corrected chi connectivity index (χ4v) is 4.70. The molecule has 2 aliphatic rings. The van der Waals surface area contributed by atoms with Crippen molar-refractivity contribution in [3.63, 3.8) is 0 Å². The van der Waals surface area contributed by atoms with Crippen molar-refractivity contribution in [1.82, 2.24) is 15.1 Å². The lowest BCUT2D eigenvalue weighted by Crippen LogP contribution is -2.59. The van der Waals surface area contributed by atoms with E-state index in [1.165, 1.54) is 0 Å². The average Bonchev–Trinajstić information content (AvgIpc) is 3.09. The van der Waals surface area contributed by atoms with Crippen LogP contribution in [0.5, 0.6) is 0 Å². The summed E-state index contributed by atoms with van der Waals surface area (Å²) in [7, 11) is 0. The van der Waals surface area contributed by atoms with Crippen molar-refractivity contribution < 1.29 is 9.90 Å². The summed E-state index contributed by atoms with van der Waals surface area (Å²) < 4.78 is 0. The fourth-order valence-electron chi connectivity index (χ4n) is 4.70. The highest BCUT2D eigenvalue weighted by Crippen LogP contribution is 2.47. The summed E-state index contributed by atoms with van der Waals surface area (Å²) in [5, 5.41) is 18.6. The van der Waals surface area contributed by atoms with Crippen molar-refractivity contribution in [1.29, 1.82) is 0 Å². The second-order valence-corrected chi connectivity index (χ2v) is 7.43. The number of rotatable bonds is 2. The van der Waals surface area contributed by atoms with Gasteiger partial charge >= 0.3 is 0 Å². The molecule has 2 N–H and O–H groups in total. The molecule has 0 spiro atoms. The van der Waals surface area contributed by atoms with E-state index in [1.807, 2.05) is 42.2 Å². The zero-order valence-corrected chi connectivity index (χ0v) is 14.6. The minimum Gasteiger partial charge on any atom is -0.385 e. The number of H-pyrrole nitrogens is 1. The summed E-state index contributed by atoms with van der Waals surface area (Å²) in [5.41, 5.74) is 1.51. The van der Waals surface area contributed by atoms with E-state index in [-0.39, 0.29) is 17.9 Å². The number of fused-ring (bicyclic) bond motifs is 1. The van der Waals surface area contributed by atoms with Crippen LogP contribution in [0.2, 0.25) is 0 Å². The van der Waals surface area contributed by atoms with Gasteiger partial charge in [-0.1, -0.05) is 43.2 Å². The smallest absolute Gasteiger partial charge is 0.274 e. The van der Waals surface area contributed by atoms with E-state index < -0.39 is 5.60 Å². The number of likely N-dealkylation sites (tertiary alicyclic amines) is 1. The Hall–Kier alpha value is -2.14. The molecule has 1 saturated carbocycles. The first-order valence-corrected chi connectivity index (χ1v) is 9.20. The Bertz CT molecular complexity index is 757. The van der Waals surface area contributed by atoms with E-state index in [4.69, 9.17) is 0 Å². The Labute approximate surface area is 148 Å². The standard InChI is InChI=1S/C20H25N3O2/c1-14-13-17(22-21-14)19(24)23-12-11-20(25,15-7-3-2-4-8-15)16-9-5-6-10-18(16)23/h2-4,7-8,13,16,18,25H,5-6,9-12H2,1H3,(H,21,22)/t16-,18?,20-/m1/s1. The van der Waals surface area contributed by atoms with Crippen LogP contribution in [0.25, 0.3) is 0 Å². The van der Waals surface area contributed by atoms with Crippen LogP contribution in [0.4, 0.5) is 0 Å². The van der Waals surface area contributed by atoms with E-state index in [2.05, 4.69) is 10.2 Å². The number of carbonyl (C=O) groups excluding carboxylic acids is 1. The number of aromatic nitrogens is 2. The summed E-state index contributed by atoms with van der Waals surface area (Å²) >= 11 is 0. The van der Waals surface area contributed by atoms with Gasteiger partial charge in [-0.05, 0) is 37.8 Å². The molecule has 2 fully saturated rings. The molecule has 0 radical (unpaired) electrons. The highest BCUT2D eigenvalue weighted by molar-refractivity contribution is 5.92. The van der Waals surface area contributed by atoms with Gasteiger partial charge in [0.2, 0.25) is 0 Å². The minimum atomic E-state index is -0.843. The van der Waals surface area contributed by atoms with E-state index in [0.717, 1.165) is 36.9 Å². The van der Waals surface area contributed by atoms with Crippen LogP contribution in [0.3, 0.4) is 0 Å². The second-order valence-electron chi connectivity index (χ2n) is 7.43. The predicted octanol–water partition coefficient (Wildman–Crippen LogP) is 3.01. The Balaban J connectivity index is 1.65. The largest absolute Gasteiger partial charge is 0.385 e. The summed E-state index contributed by atoms with van der Waals surface area (Å²) in [6.45, 7) is 2.47. The quantitative estimate of drug-likeness (QED) is 0.884. The number of benzene rings is 1. The maximum atomic E-state index is 13.0. The van der Waals surface area contributed by atoms with Gasteiger partial charge in [0.15, 0.2) is 0 Å². The van der Waals surface area contributed by atoms with Crippen molar-refractivity contribution in [3.05, 3.63) is 53.3 Å². The van der Waals surface area contributed by atoms with Crippen LogP contribution in [0, 0.1) is 12.8 Å². The third-order valence-electron chi connectivity index (χ3n) is 5.94. The lowest BCUT2D eigenvalue weighted by atomic mass is 9.66. The number of nitrogens with one attached hydrogen (secondary N) is 1. The Morgan fingerprint density at radius 1 is 1.28 bits per heavy atom. The van der Waals surface area contributed by atoms with Gasteiger partial charge in [-0.15, -0.1) is 0 Å². The lowest BCUT2D eigenvalue weighted by molar-refractivity contribution is -0.110. The first-order chi connectivity index (χ1) is 12.1. The number of aromatic amines is 1. The van der Waals surface area contributed by atoms with Gasteiger partial charge in [-0.3, -0.25) is 9.89 Å². The molecule has 1 saturated heterocycles. The molecular weight excluding hydrogens is 314 g/mol. The van der Waals surface area contributed by atoms with Crippen LogP contribution in [-0.4, -0.2) is 38.7 Å². The number of hydrogen-bond donors (Lipinski definition) is 2. The van der Waals surface area contributed by atoms with Gasteiger partial charge in [-0.25, -0.2) is 0 Å². The van der Waals surface area contributed by atoms with Crippen molar-refractivity contribution in [2.45, 2.75) is 50.7 Å². The molecule has 1 amide bonds. The van der Waals surface area contributed by atoms with Gasteiger partial charge in [-0.2, -0.15) is 5.10 Å². The van der Waals surface area contributed by atoms with E-state index >= 15 is 0 Å². The van der Waals surface area contributed by atoms with Crippen LogP contribution < -0.4 is 0 Å². The molecule has 5 nitrogen and oxygen atoms in total. The number of aryl methyl sites for hydroxylation is 1. The Morgan fingerprint density at radius 2 is 2.04 bits per heavy atom. The molecule has 1 aliphatic heterocycles. The molecule has 0 bridgehead atoms. The van der Waals surface area contributed by atoms with Crippen molar-refractivity contribution in [2.24, 2.45) is 5.92 Å². The summed E-state index contributed by atoms with van der Waals surface area (Å²) in [6, 6.07) is 11.9. The molecule has 4 rings (SSSR count). The van der Waals surface area contributed by atoms with Gasteiger partial charge in [0.25, 0.3) is 5.91 Å². The summed E-state index contributed by atoms with van der Waals surface area (Å²) in [5.74, 6) is 0.0674. The molecule has 25 heavy (non-hydrogen) atoms. The highest BCUT2D eigenvalue weighted by atomic mass is 16.3. The molecular formula is C20H25N3O2. The normalized spacial score (nSPS) is 29.3. The maximum Gasteiger partial charge on any atom is 0.274 e. The maximum absolute atomic E-state index is 13.0. The Kier molecular flexibility index (Phi) is 4.12. The van der Waals surface area contributed by atoms with Crippen molar-refractivity contribution >= 4 is 5.91 Å². The molecule has 2 aromatic rings. The van der Waals surface area contributed by atoms with Crippen molar-refractivity contribution in [3.8, 4) is 0 Å². The molecule has 1 aromatic heterocycles. The molecule has 1 unspecified atom stereocenters. The summed E-state index contributed by atoms with van der Waals surface area (Å²) in [6.07, 6.45) is 4.71. The predicted molar refractivity (Wildman–Crippen MR) is 95.1 cm³/mol. The summed E-state index contributed by atoms with van der Waals surface area (Å²) in [4.78, 5) is 14.9. The molecule has 3 atom stereocenters. The average molecular weight is 339 g/mol. The van der Waals surface area contributed by atoms with Gasteiger partial charge in [0.1, 0.15) is 5.69 Å². The van der Waals surface area contributed by atoms with Crippen LogP contribution in [-0.2, 0) is 5.60 Å². The first-order valence-electron chi connectivity index (χ1n) is 9.20. The van der Waals surface area contributed by atoms with E-state index in [9.17, 15) is 9.90 Å². The fraction of sp³-hybridized carbons (Fsp3) is 0.500. The molecule has 1 aromatic carbocycles. The number of aliphatic hydroxyl groups is 1. The zero-order valence-electron chi connectivity index (χ0n) is 14.6. The van der Waals surface area contributed by atoms with Gasteiger partial charge in [0, 0.05) is 24.2 Å². The van der Waals surface area contributed by atoms with E-state index in [1.54, 1.807) is 6.07 Å². The number of hydrogen-bond acceptors (Lipinski definition) is 3. The van der Waals surface area contributed by atoms with E-state index in [0.29, 0.717) is 18.7 Å². The van der Waals surface area contributed by atoms with Gasteiger partial charge < -0.3 is 10.0 Å². The number of amides is 1. The van der Waals surface area contributed by atoms with Crippen molar-refractivity contribution in [2.75, 3.05) is 6.54 Å². The first kappa shape index (κ1) is 16.3. The third kappa shape index (κ3) is 2.76. The number of nitrogens with zero attached hydrogens (tertiary/aromatic N) is 2. The number of carbonyl (C=O) groups is 1. The third-order valence-corrected chi connectivity index (χ3v) is 5.94. The lowest BCUT2D eigenvalue weighted by Gasteiger charge is -2.52. The zero-order chi connectivity index (χ0) is 17.4. The molecule has 2 heterocycles. The molecule has 5 heteroatoms. The number of piperidine rings is 1. The molecule has 1 aliphatic carbocycles. The SMILES string of the molecule is Cc1cc(C(=O)N2CC[C@@](O)(c3ccccc3)[C@@H]3CCCCC32)n[nH]1. The monoisotopic (exact) mass is 339 g/mol.